The summed E-state index contributed by atoms with van der Waals surface area (Å²) in [6, 6.07) is 13.5. The van der Waals surface area contributed by atoms with Crippen LogP contribution in [0.1, 0.15) is 30.7 Å². The molecule has 0 fully saturated rings. The number of para-hydroxylation sites is 1. The molecule has 2 amide bonds. The molecule has 7 heteroatoms. The van der Waals surface area contributed by atoms with Gasteiger partial charge in [-0.3, -0.25) is 9.59 Å². The van der Waals surface area contributed by atoms with E-state index in [0.717, 1.165) is 23.2 Å². The average Bonchev–Trinajstić information content (AvgIpc) is 3.42. The molecule has 160 valence electrons. The van der Waals surface area contributed by atoms with Gasteiger partial charge < -0.3 is 24.3 Å². The quantitative estimate of drug-likeness (QED) is 0.660. The molecular weight excluding hydrogens is 394 g/mol. The van der Waals surface area contributed by atoms with Gasteiger partial charge in [-0.15, -0.1) is 0 Å². The van der Waals surface area contributed by atoms with Crippen molar-refractivity contribution in [3.05, 3.63) is 59.3 Å². The highest BCUT2D eigenvalue weighted by atomic mass is 16.7. The molecule has 0 saturated heterocycles. The van der Waals surface area contributed by atoms with Crippen molar-refractivity contribution >= 4 is 23.2 Å². The van der Waals surface area contributed by atoms with Crippen LogP contribution in [0.15, 0.2) is 42.5 Å². The number of amides is 2. The Labute approximate surface area is 180 Å². The molecule has 31 heavy (non-hydrogen) atoms. The number of hydrogen-bond donors (Lipinski definition) is 1. The van der Waals surface area contributed by atoms with E-state index in [-0.39, 0.29) is 12.7 Å². The fourth-order valence-electron chi connectivity index (χ4n) is 4.78. The molecule has 5 rings (SSSR count). The number of nitrogens with one attached hydrogen (secondary N) is 1. The van der Waals surface area contributed by atoms with E-state index in [1.165, 1.54) is 15.8 Å². The third-order valence-corrected chi connectivity index (χ3v) is 6.76. The summed E-state index contributed by atoms with van der Waals surface area (Å²) in [5.74, 6) is 1.28. The molecular formula is C24H25N3O4. The number of aromatic amines is 1. The Morgan fingerprint density at radius 1 is 1.23 bits per heavy atom. The van der Waals surface area contributed by atoms with Crippen LogP contribution < -0.4 is 9.47 Å². The number of carbonyl (C=O) groups excluding carboxylic acids is 2. The van der Waals surface area contributed by atoms with Crippen LogP contribution in [0.4, 0.5) is 0 Å². The molecule has 2 aromatic carbocycles. The van der Waals surface area contributed by atoms with Gasteiger partial charge in [0.2, 0.25) is 19.1 Å². The fourth-order valence-corrected chi connectivity index (χ4v) is 4.78. The van der Waals surface area contributed by atoms with Crippen molar-refractivity contribution in [2.24, 2.45) is 0 Å². The summed E-state index contributed by atoms with van der Waals surface area (Å²) in [4.78, 5) is 31.8. The summed E-state index contributed by atoms with van der Waals surface area (Å²) in [6.07, 6.45) is 1.43. The SMILES string of the molecule is C[C@@H](C(=O)N1CCc2c([nH]c3ccccc23)C1(C)c1ccc2c(c1)OCO2)N(C)C=O. The second kappa shape index (κ2) is 7.04. The molecule has 0 spiro atoms. The number of fused-ring (bicyclic) bond motifs is 4. The maximum atomic E-state index is 13.6. The zero-order valence-electron chi connectivity index (χ0n) is 17.8. The van der Waals surface area contributed by atoms with Crippen LogP contribution >= 0.6 is 0 Å². The van der Waals surface area contributed by atoms with Gasteiger partial charge in [0.05, 0.1) is 0 Å². The third-order valence-electron chi connectivity index (χ3n) is 6.76. The number of nitrogens with zero attached hydrogens (tertiary/aromatic N) is 2. The highest BCUT2D eigenvalue weighted by Gasteiger charge is 2.46. The molecule has 0 saturated carbocycles. The molecule has 3 heterocycles. The van der Waals surface area contributed by atoms with Crippen molar-refractivity contribution in [2.45, 2.75) is 31.8 Å². The number of hydrogen-bond acceptors (Lipinski definition) is 4. The summed E-state index contributed by atoms with van der Waals surface area (Å²) in [7, 11) is 1.63. The minimum Gasteiger partial charge on any atom is -0.454 e. The zero-order chi connectivity index (χ0) is 21.8. The number of rotatable bonds is 4. The van der Waals surface area contributed by atoms with E-state index in [1.807, 2.05) is 35.2 Å². The molecule has 3 aromatic rings. The average molecular weight is 419 g/mol. The van der Waals surface area contributed by atoms with Crippen molar-refractivity contribution in [3.8, 4) is 11.5 Å². The molecule has 2 aliphatic rings. The Hall–Kier alpha value is -3.48. The number of benzene rings is 2. The number of ether oxygens (including phenoxy) is 2. The van der Waals surface area contributed by atoms with Crippen LogP contribution in [0.3, 0.4) is 0 Å². The maximum Gasteiger partial charge on any atom is 0.246 e. The van der Waals surface area contributed by atoms with Crippen LogP contribution in [-0.2, 0) is 21.5 Å². The number of aromatic nitrogens is 1. The van der Waals surface area contributed by atoms with Gasteiger partial charge in [0, 0.05) is 30.2 Å². The monoisotopic (exact) mass is 419 g/mol. The predicted molar refractivity (Wildman–Crippen MR) is 116 cm³/mol. The summed E-state index contributed by atoms with van der Waals surface area (Å²) in [5, 5.41) is 1.18. The molecule has 0 radical (unpaired) electrons. The lowest BCUT2D eigenvalue weighted by Gasteiger charge is -2.46. The van der Waals surface area contributed by atoms with Gasteiger partial charge in [0.1, 0.15) is 11.6 Å². The first-order valence-corrected chi connectivity index (χ1v) is 10.4. The van der Waals surface area contributed by atoms with E-state index >= 15 is 0 Å². The molecule has 0 bridgehead atoms. The number of likely N-dealkylation sites (N-methyl/N-ethyl adjacent to an activating group) is 1. The van der Waals surface area contributed by atoms with E-state index < -0.39 is 11.6 Å². The van der Waals surface area contributed by atoms with Gasteiger partial charge >= 0.3 is 0 Å². The summed E-state index contributed by atoms with van der Waals surface area (Å²) in [6.45, 7) is 4.56. The van der Waals surface area contributed by atoms with Crippen molar-refractivity contribution in [1.82, 2.24) is 14.8 Å². The highest BCUT2D eigenvalue weighted by molar-refractivity contribution is 5.89. The topological polar surface area (TPSA) is 74.9 Å². The summed E-state index contributed by atoms with van der Waals surface area (Å²) in [5.41, 5.74) is 3.43. The minimum absolute atomic E-state index is 0.0981. The van der Waals surface area contributed by atoms with Crippen LogP contribution in [-0.4, -0.2) is 53.5 Å². The molecule has 7 nitrogen and oxygen atoms in total. The highest BCUT2D eigenvalue weighted by Crippen LogP contribution is 2.46. The maximum absolute atomic E-state index is 13.6. The smallest absolute Gasteiger partial charge is 0.246 e. The molecule has 2 atom stereocenters. The van der Waals surface area contributed by atoms with E-state index in [0.29, 0.717) is 24.5 Å². The van der Waals surface area contributed by atoms with Gasteiger partial charge in [0.15, 0.2) is 11.5 Å². The Morgan fingerprint density at radius 3 is 2.81 bits per heavy atom. The molecule has 1 unspecified atom stereocenters. The van der Waals surface area contributed by atoms with Gasteiger partial charge in [-0.05, 0) is 49.6 Å². The van der Waals surface area contributed by atoms with E-state index in [2.05, 4.69) is 24.0 Å². The fraction of sp³-hybridized carbons (Fsp3) is 0.333. The van der Waals surface area contributed by atoms with Crippen LogP contribution in [0, 0.1) is 0 Å². The minimum atomic E-state index is -0.761. The second-order valence-electron chi connectivity index (χ2n) is 8.35. The van der Waals surface area contributed by atoms with E-state index in [4.69, 9.17) is 9.47 Å². The summed E-state index contributed by atoms with van der Waals surface area (Å²) < 4.78 is 11.1. The van der Waals surface area contributed by atoms with Gasteiger partial charge in [-0.25, -0.2) is 0 Å². The standard InChI is InChI=1S/C24H25N3O4/c1-15(26(3)13-28)23(29)27-11-10-18-17-6-4-5-7-19(17)25-22(18)24(27,2)16-8-9-20-21(12-16)31-14-30-20/h4-9,12-13,15,25H,10-11,14H2,1-3H3/t15-,24?/m0/s1. The first kappa shape index (κ1) is 19.5. The van der Waals surface area contributed by atoms with Crippen molar-refractivity contribution < 1.29 is 19.1 Å². The lowest BCUT2D eigenvalue weighted by Crippen LogP contribution is -2.57. The van der Waals surface area contributed by atoms with Crippen LogP contribution in [0.2, 0.25) is 0 Å². The van der Waals surface area contributed by atoms with E-state index in [9.17, 15) is 9.59 Å². The summed E-state index contributed by atoms with van der Waals surface area (Å²) >= 11 is 0. The predicted octanol–water partition coefficient (Wildman–Crippen LogP) is 3.02. The first-order chi connectivity index (χ1) is 14.9. The Kier molecular flexibility index (Phi) is 4.43. The van der Waals surface area contributed by atoms with Crippen LogP contribution in [0.25, 0.3) is 10.9 Å². The van der Waals surface area contributed by atoms with Gasteiger partial charge in [0.25, 0.3) is 0 Å². The Morgan fingerprint density at radius 2 is 2.00 bits per heavy atom. The van der Waals surface area contributed by atoms with Crippen LogP contribution in [0.5, 0.6) is 11.5 Å². The van der Waals surface area contributed by atoms with Crippen molar-refractivity contribution in [3.63, 3.8) is 0 Å². The first-order valence-electron chi connectivity index (χ1n) is 10.4. The largest absolute Gasteiger partial charge is 0.454 e. The number of H-pyrrole nitrogens is 1. The zero-order valence-corrected chi connectivity index (χ0v) is 17.8. The molecule has 0 aliphatic carbocycles. The van der Waals surface area contributed by atoms with Crippen molar-refractivity contribution in [2.75, 3.05) is 20.4 Å². The normalized spacial score (nSPS) is 20.4. The van der Waals surface area contributed by atoms with E-state index in [1.54, 1.807) is 14.0 Å². The molecule has 1 aromatic heterocycles. The lowest BCUT2D eigenvalue weighted by atomic mass is 9.80. The lowest BCUT2D eigenvalue weighted by molar-refractivity contribution is -0.144. The third kappa shape index (κ3) is 2.80. The van der Waals surface area contributed by atoms with Gasteiger partial charge in [-0.1, -0.05) is 24.3 Å². The van der Waals surface area contributed by atoms with Gasteiger partial charge in [-0.2, -0.15) is 0 Å². The molecule has 1 N–H and O–H groups in total. The Bertz CT molecular complexity index is 1190. The van der Waals surface area contributed by atoms with Crippen molar-refractivity contribution in [1.29, 1.82) is 0 Å². The molecule has 2 aliphatic heterocycles. The number of carbonyl (C=O) groups is 2. The Balaban J connectivity index is 1.70. The second-order valence-corrected chi connectivity index (χ2v) is 8.35.